The van der Waals surface area contributed by atoms with Crippen molar-refractivity contribution in [2.45, 2.75) is 75.4 Å². The molecule has 7 atom stereocenters. The summed E-state index contributed by atoms with van der Waals surface area (Å²) in [6.07, 6.45) is 6.21. The van der Waals surface area contributed by atoms with Gasteiger partial charge in [0.05, 0.1) is 11.9 Å². The molecule has 4 nitrogen and oxygen atoms in total. The van der Waals surface area contributed by atoms with Crippen LogP contribution in [0.2, 0.25) is 0 Å². The lowest BCUT2D eigenvalue weighted by Gasteiger charge is -2.60. The van der Waals surface area contributed by atoms with E-state index in [-0.39, 0.29) is 40.5 Å². The second-order valence-electron chi connectivity index (χ2n) is 11.0. The highest BCUT2D eigenvalue weighted by atomic mass is 32.2. The zero-order valence-electron chi connectivity index (χ0n) is 19.0. The number of ketones is 2. The Morgan fingerprint density at radius 1 is 1.12 bits per heavy atom. The van der Waals surface area contributed by atoms with Crippen LogP contribution in [0.3, 0.4) is 0 Å². The Balaban J connectivity index is 1.40. The van der Waals surface area contributed by atoms with E-state index in [9.17, 15) is 19.8 Å². The molecule has 172 valence electrons. The number of thioether (sulfide) groups is 1. The van der Waals surface area contributed by atoms with Gasteiger partial charge in [0.2, 0.25) is 0 Å². The lowest BCUT2D eigenvalue weighted by atomic mass is 9.45. The van der Waals surface area contributed by atoms with Gasteiger partial charge in [-0.15, -0.1) is 11.8 Å². The molecule has 0 heterocycles. The zero-order valence-corrected chi connectivity index (χ0v) is 19.9. The first-order valence-corrected chi connectivity index (χ1v) is 13.0. The van der Waals surface area contributed by atoms with Crippen LogP contribution in [0.5, 0.6) is 0 Å². The minimum Gasteiger partial charge on any atom is -0.393 e. The fourth-order valence-electron chi connectivity index (χ4n) is 7.94. The summed E-state index contributed by atoms with van der Waals surface area (Å²) < 4.78 is 0. The number of rotatable bonds is 4. The Kier molecular flexibility index (Phi) is 5.46. The third kappa shape index (κ3) is 3.19. The Morgan fingerprint density at radius 3 is 2.62 bits per heavy atom. The molecule has 0 amide bonds. The van der Waals surface area contributed by atoms with E-state index < -0.39 is 17.1 Å². The van der Waals surface area contributed by atoms with E-state index >= 15 is 0 Å². The molecule has 0 bridgehead atoms. The molecule has 0 radical (unpaired) electrons. The second-order valence-corrected chi connectivity index (χ2v) is 12.0. The number of aliphatic hydroxyl groups is 2. The molecule has 32 heavy (non-hydrogen) atoms. The van der Waals surface area contributed by atoms with Crippen LogP contribution < -0.4 is 0 Å². The van der Waals surface area contributed by atoms with E-state index in [1.54, 1.807) is 0 Å². The summed E-state index contributed by atoms with van der Waals surface area (Å²) in [6, 6.07) is 9.83. The van der Waals surface area contributed by atoms with E-state index in [4.69, 9.17) is 0 Å². The van der Waals surface area contributed by atoms with Crippen LogP contribution in [0.25, 0.3) is 0 Å². The smallest absolute Gasteiger partial charge is 0.175 e. The van der Waals surface area contributed by atoms with Crippen LogP contribution in [0, 0.1) is 28.6 Å². The highest BCUT2D eigenvalue weighted by Gasteiger charge is 2.68. The maximum Gasteiger partial charge on any atom is 0.175 e. The molecule has 3 fully saturated rings. The van der Waals surface area contributed by atoms with Crippen molar-refractivity contribution < 1.29 is 19.8 Å². The van der Waals surface area contributed by atoms with Gasteiger partial charge >= 0.3 is 0 Å². The Labute approximate surface area is 194 Å². The summed E-state index contributed by atoms with van der Waals surface area (Å²) in [4.78, 5) is 26.5. The van der Waals surface area contributed by atoms with Crippen LogP contribution in [0.15, 0.2) is 46.9 Å². The third-order valence-electron chi connectivity index (χ3n) is 9.62. The summed E-state index contributed by atoms with van der Waals surface area (Å²) >= 11 is 1.48. The standard InChI is InChI=1S/C27H34O4S/c1-25-12-10-18(28)14-17(25)8-9-20-21-11-13-27(31,26(21,2)15-22(29)24(20)25)23(30)16-32-19-6-4-3-5-7-19/h3-7,14,20-22,24,29,31H,8-13,15-16H2,1-2H3/t20?,21?,22-,24?,25?,26?,27-/m0/s1. The monoisotopic (exact) mass is 454 g/mol. The van der Waals surface area contributed by atoms with Crippen LogP contribution in [0.4, 0.5) is 0 Å². The number of allylic oxidation sites excluding steroid dienone is 1. The SMILES string of the molecule is CC12CCC(=O)C=C1CCC1C2[C@@H](O)CC2(C)C1CC[C@]2(O)C(=O)CSc1ccccc1. The lowest BCUT2D eigenvalue weighted by Crippen LogP contribution is -2.61. The molecule has 4 aliphatic carbocycles. The summed E-state index contributed by atoms with van der Waals surface area (Å²) in [7, 11) is 0. The van der Waals surface area contributed by atoms with Gasteiger partial charge in [0.25, 0.3) is 0 Å². The average molecular weight is 455 g/mol. The number of carbonyl (C=O) groups excluding carboxylic acids is 2. The number of carbonyl (C=O) groups is 2. The summed E-state index contributed by atoms with van der Waals surface area (Å²) in [5.41, 5.74) is -0.929. The average Bonchev–Trinajstić information content (AvgIpc) is 3.04. The molecular formula is C27H34O4S. The van der Waals surface area contributed by atoms with E-state index in [1.165, 1.54) is 17.3 Å². The van der Waals surface area contributed by atoms with Gasteiger partial charge in [-0.3, -0.25) is 9.59 Å². The fourth-order valence-corrected chi connectivity index (χ4v) is 8.82. The number of aliphatic hydroxyl groups excluding tert-OH is 1. The van der Waals surface area contributed by atoms with Gasteiger partial charge in [-0.2, -0.15) is 0 Å². The highest BCUT2D eigenvalue weighted by molar-refractivity contribution is 8.00. The number of Topliss-reactive ketones (excluding diaryl/α,β-unsaturated/α-hetero) is 1. The molecule has 5 unspecified atom stereocenters. The van der Waals surface area contributed by atoms with Crippen molar-refractivity contribution in [3.8, 4) is 0 Å². The first kappa shape index (κ1) is 22.4. The van der Waals surface area contributed by atoms with Crippen molar-refractivity contribution in [1.29, 1.82) is 0 Å². The number of benzene rings is 1. The van der Waals surface area contributed by atoms with Gasteiger partial charge in [0.1, 0.15) is 5.60 Å². The molecule has 0 aromatic heterocycles. The minimum absolute atomic E-state index is 0.102. The Morgan fingerprint density at radius 2 is 1.88 bits per heavy atom. The summed E-state index contributed by atoms with van der Waals surface area (Å²) in [5, 5.41) is 23.3. The lowest BCUT2D eigenvalue weighted by molar-refractivity contribution is -0.178. The minimum atomic E-state index is -1.38. The first-order valence-electron chi connectivity index (χ1n) is 12.0. The maximum absolute atomic E-state index is 13.4. The molecule has 0 spiro atoms. The quantitative estimate of drug-likeness (QED) is 0.652. The van der Waals surface area contributed by atoms with Crippen LogP contribution in [-0.4, -0.2) is 39.2 Å². The van der Waals surface area contributed by atoms with Crippen molar-refractivity contribution >= 4 is 23.3 Å². The molecule has 2 N–H and O–H groups in total. The van der Waals surface area contributed by atoms with E-state index in [0.717, 1.165) is 30.6 Å². The molecule has 1 aromatic carbocycles. The first-order chi connectivity index (χ1) is 15.2. The van der Waals surface area contributed by atoms with Crippen LogP contribution in [0.1, 0.15) is 58.8 Å². The number of fused-ring (bicyclic) bond motifs is 5. The molecule has 0 aliphatic heterocycles. The topological polar surface area (TPSA) is 74.6 Å². The zero-order chi connectivity index (χ0) is 22.7. The Hall–Kier alpha value is -1.43. The molecule has 3 saturated carbocycles. The maximum atomic E-state index is 13.4. The molecule has 5 rings (SSSR count). The van der Waals surface area contributed by atoms with Crippen molar-refractivity contribution in [2.75, 3.05) is 5.75 Å². The van der Waals surface area contributed by atoms with Gasteiger partial charge < -0.3 is 10.2 Å². The predicted molar refractivity (Wildman–Crippen MR) is 125 cm³/mol. The van der Waals surface area contributed by atoms with Crippen molar-refractivity contribution in [3.05, 3.63) is 42.0 Å². The molecular weight excluding hydrogens is 420 g/mol. The summed E-state index contributed by atoms with van der Waals surface area (Å²) in [5.74, 6) is 0.963. The van der Waals surface area contributed by atoms with Gasteiger partial charge in [-0.25, -0.2) is 0 Å². The van der Waals surface area contributed by atoms with E-state index in [0.29, 0.717) is 19.3 Å². The molecule has 5 heteroatoms. The Bertz CT molecular complexity index is 958. The van der Waals surface area contributed by atoms with Crippen LogP contribution in [-0.2, 0) is 9.59 Å². The van der Waals surface area contributed by atoms with Gasteiger partial charge in [-0.1, -0.05) is 37.6 Å². The highest BCUT2D eigenvalue weighted by Crippen LogP contribution is 2.67. The van der Waals surface area contributed by atoms with Crippen molar-refractivity contribution in [3.63, 3.8) is 0 Å². The predicted octanol–water partition coefficient (Wildman–Crippen LogP) is 4.58. The molecule has 0 saturated heterocycles. The number of hydrogen-bond acceptors (Lipinski definition) is 5. The van der Waals surface area contributed by atoms with E-state index in [2.05, 4.69) is 6.92 Å². The van der Waals surface area contributed by atoms with Crippen molar-refractivity contribution in [2.24, 2.45) is 28.6 Å². The second kappa shape index (κ2) is 7.82. The normalized spacial score (nSPS) is 43.1. The largest absolute Gasteiger partial charge is 0.393 e. The number of hydrogen-bond donors (Lipinski definition) is 2. The fraction of sp³-hybridized carbons (Fsp3) is 0.630. The van der Waals surface area contributed by atoms with Gasteiger partial charge in [0, 0.05) is 16.7 Å². The van der Waals surface area contributed by atoms with Crippen molar-refractivity contribution in [1.82, 2.24) is 0 Å². The molecule has 4 aliphatic rings. The van der Waals surface area contributed by atoms with Gasteiger partial charge in [0.15, 0.2) is 11.6 Å². The summed E-state index contributed by atoms with van der Waals surface area (Å²) in [6.45, 7) is 4.28. The third-order valence-corrected chi connectivity index (χ3v) is 10.6. The van der Waals surface area contributed by atoms with E-state index in [1.807, 2.05) is 43.3 Å². The van der Waals surface area contributed by atoms with Gasteiger partial charge in [-0.05, 0) is 79.9 Å². The molecule has 1 aromatic rings. The van der Waals surface area contributed by atoms with Crippen LogP contribution >= 0.6 is 11.8 Å².